The SMILES string of the molecule is c1ccc(-c2c3ccccc3c(N(c3ccccc3)c3ccccc3)c3ccccc23)cc1. The molecule has 1 heteroatoms. The quantitative estimate of drug-likeness (QED) is 0.256. The van der Waals surface area contributed by atoms with Crippen LogP contribution >= 0.6 is 0 Å². The van der Waals surface area contributed by atoms with Crippen molar-refractivity contribution < 1.29 is 0 Å². The van der Waals surface area contributed by atoms with E-state index in [2.05, 4.69) is 144 Å². The van der Waals surface area contributed by atoms with Crippen LogP contribution in [0.2, 0.25) is 0 Å². The maximum Gasteiger partial charge on any atom is 0.0618 e. The number of hydrogen-bond donors (Lipinski definition) is 0. The van der Waals surface area contributed by atoms with E-state index in [0.29, 0.717) is 0 Å². The van der Waals surface area contributed by atoms with E-state index in [0.717, 1.165) is 11.4 Å². The van der Waals surface area contributed by atoms with Crippen LogP contribution < -0.4 is 4.90 Å². The van der Waals surface area contributed by atoms with E-state index < -0.39 is 0 Å². The summed E-state index contributed by atoms with van der Waals surface area (Å²) in [6, 6.07) is 49.6. The summed E-state index contributed by atoms with van der Waals surface area (Å²) in [6.45, 7) is 0. The Bertz CT molecular complexity index is 1440. The lowest BCUT2D eigenvalue weighted by molar-refractivity contribution is 1.31. The topological polar surface area (TPSA) is 3.24 Å². The molecule has 0 saturated heterocycles. The van der Waals surface area contributed by atoms with E-state index in [1.165, 1.54) is 38.4 Å². The predicted molar refractivity (Wildman–Crippen MR) is 142 cm³/mol. The molecule has 6 aromatic carbocycles. The van der Waals surface area contributed by atoms with Crippen LogP contribution in [0.15, 0.2) is 140 Å². The van der Waals surface area contributed by atoms with Gasteiger partial charge in [-0.2, -0.15) is 0 Å². The van der Waals surface area contributed by atoms with Gasteiger partial charge in [-0.05, 0) is 46.2 Å². The third-order valence-electron chi connectivity index (χ3n) is 6.22. The first kappa shape index (κ1) is 19.3. The van der Waals surface area contributed by atoms with Crippen LogP contribution in [0.3, 0.4) is 0 Å². The van der Waals surface area contributed by atoms with Crippen molar-refractivity contribution in [3.8, 4) is 11.1 Å². The molecule has 6 aromatic rings. The predicted octanol–water partition coefficient (Wildman–Crippen LogP) is 9.13. The Morgan fingerprint density at radius 2 is 0.697 bits per heavy atom. The Labute approximate surface area is 194 Å². The highest BCUT2D eigenvalue weighted by molar-refractivity contribution is 6.22. The van der Waals surface area contributed by atoms with E-state index in [1.54, 1.807) is 0 Å². The van der Waals surface area contributed by atoms with Gasteiger partial charge in [0, 0.05) is 22.1 Å². The van der Waals surface area contributed by atoms with Gasteiger partial charge >= 0.3 is 0 Å². The summed E-state index contributed by atoms with van der Waals surface area (Å²) in [5.74, 6) is 0. The molecule has 6 rings (SSSR count). The van der Waals surface area contributed by atoms with Crippen molar-refractivity contribution in [2.24, 2.45) is 0 Å². The van der Waals surface area contributed by atoms with Crippen molar-refractivity contribution in [3.63, 3.8) is 0 Å². The average molecular weight is 422 g/mol. The highest BCUT2D eigenvalue weighted by Gasteiger charge is 2.21. The van der Waals surface area contributed by atoms with E-state index in [-0.39, 0.29) is 0 Å². The van der Waals surface area contributed by atoms with Crippen molar-refractivity contribution in [1.82, 2.24) is 0 Å². The normalized spacial score (nSPS) is 11.0. The Kier molecular flexibility index (Phi) is 4.86. The summed E-state index contributed by atoms with van der Waals surface area (Å²) in [7, 11) is 0. The van der Waals surface area contributed by atoms with Gasteiger partial charge in [-0.3, -0.25) is 0 Å². The maximum atomic E-state index is 2.39. The highest BCUT2D eigenvalue weighted by atomic mass is 15.1. The summed E-state index contributed by atoms with van der Waals surface area (Å²) in [6.07, 6.45) is 0. The number of para-hydroxylation sites is 2. The molecule has 0 aliphatic rings. The van der Waals surface area contributed by atoms with Gasteiger partial charge in [-0.15, -0.1) is 0 Å². The molecule has 0 amide bonds. The zero-order valence-electron chi connectivity index (χ0n) is 18.2. The zero-order chi connectivity index (χ0) is 22.0. The molecule has 0 aromatic heterocycles. The molecule has 0 bridgehead atoms. The number of fused-ring (bicyclic) bond motifs is 2. The number of anilines is 3. The van der Waals surface area contributed by atoms with E-state index in [4.69, 9.17) is 0 Å². The molecule has 0 aliphatic carbocycles. The van der Waals surface area contributed by atoms with E-state index >= 15 is 0 Å². The van der Waals surface area contributed by atoms with Gasteiger partial charge in [0.2, 0.25) is 0 Å². The molecule has 156 valence electrons. The lowest BCUT2D eigenvalue weighted by atomic mass is 9.90. The number of benzene rings is 6. The van der Waals surface area contributed by atoms with Gasteiger partial charge in [0.25, 0.3) is 0 Å². The third kappa shape index (κ3) is 3.35. The summed E-state index contributed by atoms with van der Waals surface area (Å²) < 4.78 is 0. The van der Waals surface area contributed by atoms with Gasteiger partial charge in [-0.1, -0.05) is 115 Å². The van der Waals surface area contributed by atoms with Crippen LogP contribution in [0, 0.1) is 0 Å². The third-order valence-corrected chi connectivity index (χ3v) is 6.22. The minimum atomic E-state index is 1.14. The van der Waals surface area contributed by atoms with Crippen LogP contribution in [0.1, 0.15) is 0 Å². The van der Waals surface area contributed by atoms with Gasteiger partial charge in [0.15, 0.2) is 0 Å². The fourth-order valence-electron chi connectivity index (χ4n) is 4.82. The minimum Gasteiger partial charge on any atom is -0.309 e. The van der Waals surface area contributed by atoms with E-state index in [1.807, 2.05) is 0 Å². The molecule has 0 atom stereocenters. The van der Waals surface area contributed by atoms with Crippen LogP contribution in [0.4, 0.5) is 17.1 Å². The lowest BCUT2D eigenvalue weighted by Crippen LogP contribution is -2.11. The van der Waals surface area contributed by atoms with Crippen LogP contribution in [-0.4, -0.2) is 0 Å². The summed E-state index contributed by atoms with van der Waals surface area (Å²) in [5, 5.41) is 4.99. The van der Waals surface area contributed by atoms with Crippen molar-refractivity contribution in [2.45, 2.75) is 0 Å². The first-order valence-corrected chi connectivity index (χ1v) is 11.3. The second-order valence-corrected chi connectivity index (χ2v) is 8.19. The molecule has 0 aliphatic heterocycles. The average Bonchev–Trinajstić information content (AvgIpc) is 2.90. The molecule has 0 spiro atoms. The summed E-state index contributed by atoms with van der Waals surface area (Å²) in [5.41, 5.74) is 6.02. The fraction of sp³-hybridized carbons (Fsp3) is 0. The van der Waals surface area contributed by atoms with Crippen molar-refractivity contribution in [1.29, 1.82) is 0 Å². The zero-order valence-corrected chi connectivity index (χ0v) is 18.2. The van der Waals surface area contributed by atoms with Crippen molar-refractivity contribution in [2.75, 3.05) is 4.90 Å². The van der Waals surface area contributed by atoms with Crippen molar-refractivity contribution >= 4 is 38.6 Å². The van der Waals surface area contributed by atoms with Crippen molar-refractivity contribution in [3.05, 3.63) is 140 Å². The first-order valence-electron chi connectivity index (χ1n) is 11.3. The number of hydrogen-bond acceptors (Lipinski definition) is 1. The fourth-order valence-corrected chi connectivity index (χ4v) is 4.82. The Morgan fingerprint density at radius 3 is 1.15 bits per heavy atom. The highest BCUT2D eigenvalue weighted by Crippen LogP contribution is 2.47. The molecule has 0 unspecified atom stereocenters. The van der Waals surface area contributed by atoms with Gasteiger partial charge in [0.05, 0.1) is 5.69 Å². The summed E-state index contributed by atoms with van der Waals surface area (Å²) in [4.78, 5) is 2.39. The lowest BCUT2D eigenvalue weighted by Gasteiger charge is -2.29. The molecule has 33 heavy (non-hydrogen) atoms. The van der Waals surface area contributed by atoms with Crippen LogP contribution in [0.5, 0.6) is 0 Å². The summed E-state index contributed by atoms with van der Waals surface area (Å²) >= 11 is 0. The monoisotopic (exact) mass is 421 g/mol. The molecule has 0 saturated carbocycles. The standard InChI is InChI=1S/C32H23N/c1-4-14-24(15-5-1)31-27-20-10-12-22-29(27)32(30-23-13-11-21-28(30)31)33(25-16-6-2-7-17-25)26-18-8-3-9-19-26/h1-23H. The van der Waals surface area contributed by atoms with E-state index in [9.17, 15) is 0 Å². The second-order valence-electron chi connectivity index (χ2n) is 8.19. The molecule has 0 radical (unpaired) electrons. The van der Waals surface area contributed by atoms with Gasteiger partial charge in [-0.25, -0.2) is 0 Å². The number of nitrogens with zero attached hydrogens (tertiary/aromatic N) is 1. The van der Waals surface area contributed by atoms with Gasteiger partial charge in [0.1, 0.15) is 0 Å². The molecule has 0 fully saturated rings. The molecular weight excluding hydrogens is 398 g/mol. The minimum absolute atomic E-state index is 1.14. The Balaban J connectivity index is 1.78. The maximum absolute atomic E-state index is 2.39. The first-order chi connectivity index (χ1) is 16.4. The molecule has 0 heterocycles. The molecular formula is C32H23N. The van der Waals surface area contributed by atoms with Crippen LogP contribution in [-0.2, 0) is 0 Å². The smallest absolute Gasteiger partial charge is 0.0618 e. The Morgan fingerprint density at radius 1 is 0.333 bits per heavy atom. The van der Waals surface area contributed by atoms with Crippen LogP contribution in [0.25, 0.3) is 32.7 Å². The molecule has 0 N–H and O–H groups in total. The largest absolute Gasteiger partial charge is 0.309 e. The Hall–Kier alpha value is -4.36. The van der Waals surface area contributed by atoms with Gasteiger partial charge < -0.3 is 4.90 Å². The number of rotatable bonds is 4. The molecule has 1 nitrogen and oxygen atoms in total. The second kappa shape index (κ2) is 8.29.